The highest BCUT2D eigenvalue weighted by atomic mass is 32.2. The number of rotatable bonds is 8. The predicted octanol–water partition coefficient (Wildman–Crippen LogP) is 5.13. The Morgan fingerprint density at radius 1 is 1.07 bits per heavy atom. The SMILES string of the molecule is CCCc1noc(C(C)Sc2nnc(-c3ccc(OC)cc3)n2-c2ccccc2)n1. The summed E-state index contributed by atoms with van der Waals surface area (Å²) in [6.45, 7) is 4.13. The number of aromatic nitrogens is 5. The molecule has 0 aliphatic rings. The maximum atomic E-state index is 5.46. The van der Waals surface area contributed by atoms with Crippen molar-refractivity contribution in [3.8, 4) is 22.8 Å². The molecule has 0 saturated carbocycles. The van der Waals surface area contributed by atoms with Crippen LogP contribution in [0.4, 0.5) is 0 Å². The van der Waals surface area contributed by atoms with Gasteiger partial charge in [-0.2, -0.15) is 4.98 Å². The quantitative estimate of drug-likeness (QED) is 0.365. The summed E-state index contributed by atoms with van der Waals surface area (Å²) in [5, 5.41) is 13.7. The molecule has 154 valence electrons. The van der Waals surface area contributed by atoms with E-state index in [4.69, 9.17) is 9.26 Å². The van der Waals surface area contributed by atoms with Crippen LogP contribution in [0.2, 0.25) is 0 Å². The molecule has 0 N–H and O–H groups in total. The van der Waals surface area contributed by atoms with E-state index < -0.39 is 0 Å². The summed E-state index contributed by atoms with van der Waals surface area (Å²) in [5.74, 6) is 2.89. The van der Waals surface area contributed by atoms with Crippen LogP contribution in [0, 0.1) is 0 Å². The zero-order valence-corrected chi connectivity index (χ0v) is 18.0. The van der Waals surface area contributed by atoms with Crippen LogP contribution in [0.5, 0.6) is 5.75 Å². The molecule has 0 spiro atoms. The Kier molecular flexibility index (Phi) is 6.13. The molecule has 0 amide bonds. The van der Waals surface area contributed by atoms with Crippen molar-refractivity contribution in [3.05, 3.63) is 66.3 Å². The minimum absolute atomic E-state index is 0.0570. The summed E-state index contributed by atoms with van der Waals surface area (Å²) >= 11 is 1.54. The van der Waals surface area contributed by atoms with Crippen LogP contribution < -0.4 is 4.74 Å². The molecule has 4 rings (SSSR count). The molecule has 0 radical (unpaired) electrons. The lowest BCUT2D eigenvalue weighted by Crippen LogP contribution is -2.01. The van der Waals surface area contributed by atoms with Crippen molar-refractivity contribution < 1.29 is 9.26 Å². The van der Waals surface area contributed by atoms with Gasteiger partial charge in [-0.05, 0) is 49.7 Å². The highest BCUT2D eigenvalue weighted by molar-refractivity contribution is 7.99. The van der Waals surface area contributed by atoms with E-state index in [0.717, 1.165) is 46.6 Å². The van der Waals surface area contributed by atoms with Gasteiger partial charge in [-0.25, -0.2) is 0 Å². The standard InChI is InChI=1S/C22H23N5O2S/c1-4-8-19-23-21(29-26-19)15(2)30-22-25-24-20(16-11-13-18(28-3)14-12-16)27(22)17-9-6-5-7-10-17/h5-7,9-15H,4,8H2,1-3H3. The fourth-order valence-corrected chi connectivity index (χ4v) is 3.95. The first-order chi connectivity index (χ1) is 14.7. The molecular formula is C22H23N5O2S. The molecule has 0 aliphatic heterocycles. The van der Waals surface area contributed by atoms with Crippen molar-refractivity contribution in [1.29, 1.82) is 0 Å². The van der Waals surface area contributed by atoms with Crippen molar-refractivity contribution in [2.45, 2.75) is 37.1 Å². The lowest BCUT2D eigenvalue weighted by molar-refractivity contribution is 0.374. The highest BCUT2D eigenvalue weighted by Crippen LogP contribution is 2.36. The lowest BCUT2D eigenvalue weighted by Gasteiger charge is -2.12. The molecule has 2 aromatic heterocycles. The summed E-state index contributed by atoms with van der Waals surface area (Å²) in [6.07, 6.45) is 1.79. The maximum absolute atomic E-state index is 5.46. The van der Waals surface area contributed by atoms with Crippen LogP contribution in [-0.2, 0) is 6.42 Å². The molecule has 0 bridgehead atoms. The van der Waals surface area contributed by atoms with Gasteiger partial charge in [0.2, 0.25) is 5.89 Å². The maximum Gasteiger partial charge on any atom is 0.239 e. The second-order valence-electron chi connectivity index (χ2n) is 6.76. The van der Waals surface area contributed by atoms with E-state index in [0.29, 0.717) is 5.89 Å². The van der Waals surface area contributed by atoms with Gasteiger partial charge in [0.1, 0.15) is 5.75 Å². The number of benzene rings is 2. The number of thioether (sulfide) groups is 1. The molecule has 0 saturated heterocycles. The Morgan fingerprint density at radius 3 is 2.53 bits per heavy atom. The molecule has 0 fully saturated rings. The van der Waals surface area contributed by atoms with Gasteiger partial charge in [-0.15, -0.1) is 10.2 Å². The second kappa shape index (κ2) is 9.13. The molecule has 8 heteroatoms. The Balaban J connectivity index is 1.69. The van der Waals surface area contributed by atoms with Crippen LogP contribution in [0.15, 0.2) is 64.3 Å². The largest absolute Gasteiger partial charge is 0.497 e. The first-order valence-corrected chi connectivity index (χ1v) is 10.7. The lowest BCUT2D eigenvalue weighted by atomic mass is 10.2. The molecular weight excluding hydrogens is 398 g/mol. The predicted molar refractivity (Wildman–Crippen MR) is 116 cm³/mol. The van der Waals surface area contributed by atoms with Crippen molar-refractivity contribution in [1.82, 2.24) is 24.9 Å². The normalized spacial score (nSPS) is 12.1. The third kappa shape index (κ3) is 4.23. The van der Waals surface area contributed by atoms with Gasteiger partial charge >= 0.3 is 0 Å². The van der Waals surface area contributed by atoms with Crippen molar-refractivity contribution in [2.24, 2.45) is 0 Å². The Morgan fingerprint density at radius 2 is 1.83 bits per heavy atom. The zero-order chi connectivity index (χ0) is 20.9. The number of methoxy groups -OCH3 is 1. The van der Waals surface area contributed by atoms with E-state index in [9.17, 15) is 0 Å². The topological polar surface area (TPSA) is 78.9 Å². The van der Waals surface area contributed by atoms with Crippen LogP contribution in [-0.4, -0.2) is 32.0 Å². The van der Waals surface area contributed by atoms with E-state index >= 15 is 0 Å². The number of hydrogen-bond donors (Lipinski definition) is 0. The summed E-state index contributed by atoms with van der Waals surface area (Å²) in [7, 11) is 1.65. The van der Waals surface area contributed by atoms with Crippen molar-refractivity contribution >= 4 is 11.8 Å². The van der Waals surface area contributed by atoms with Gasteiger partial charge in [0.25, 0.3) is 0 Å². The number of para-hydroxylation sites is 1. The molecule has 1 atom stereocenters. The van der Waals surface area contributed by atoms with E-state index in [-0.39, 0.29) is 5.25 Å². The number of aryl methyl sites for hydroxylation is 1. The van der Waals surface area contributed by atoms with E-state index in [1.165, 1.54) is 0 Å². The highest BCUT2D eigenvalue weighted by Gasteiger charge is 2.22. The third-order valence-electron chi connectivity index (χ3n) is 4.58. The van der Waals surface area contributed by atoms with Crippen molar-refractivity contribution in [2.75, 3.05) is 7.11 Å². The fourth-order valence-electron chi connectivity index (χ4n) is 3.05. The van der Waals surface area contributed by atoms with Gasteiger partial charge in [0.15, 0.2) is 16.8 Å². The number of ether oxygens (including phenoxy) is 1. The zero-order valence-electron chi connectivity index (χ0n) is 17.1. The number of hydrogen-bond acceptors (Lipinski definition) is 7. The summed E-state index contributed by atoms with van der Waals surface area (Å²) < 4.78 is 12.8. The van der Waals surface area contributed by atoms with Gasteiger partial charge < -0.3 is 9.26 Å². The first-order valence-electron chi connectivity index (χ1n) is 9.84. The smallest absolute Gasteiger partial charge is 0.239 e. The van der Waals surface area contributed by atoms with Gasteiger partial charge in [-0.1, -0.05) is 42.0 Å². The minimum Gasteiger partial charge on any atom is -0.497 e. The van der Waals surface area contributed by atoms with Crippen LogP contribution in [0.1, 0.15) is 37.2 Å². The van der Waals surface area contributed by atoms with E-state index in [2.05, 4.69) is 27.3 Å². The van der Waals surface area contributed by atoms with Crippen LogP contribution >= 0.6 is 11.8 Å². The monoisotopic (exact) mass is 421 g/mol. The Bertz CT molecular complexity index is 1090. The Labute approximate surface area is 179 Å². The first kappa shape index (κ1) is 20.2. The molecule has 7 nitrogen and oxygen atoms in total. The van der Waals surface area contributed by atoms with Crippen LogP contribution in [0.25, 0.3) is 17.1 Å². The molecule has 4 aromatic rings. The third-order valence-corrected chi connectivity index (χ3v) is 5.61. The average Bonchev–Trinajstić information content (AvgIpc) is 3.42. The van der Waals surface area contributed by atoms with Gasteiger partial charge in [-0.3, -0.25) is 4.57 Å². The van der Waals surface area contributed by atoms with Crippen LogP contribution in [0.3, 0.4) is 0 Å². The molecule has 0 aliphatic carbocycles. The molecule has 2 aromatic carbocycles. The Hall–Kier alpha value is -3.13. The summed E-state index contributed by atoms with van der Waals surface area (Å²) in [4.78, 5) is 4.51. The molecule has 2 heterocycles. The second-order valence-corrected chi connectivity index (χ2v) is 8.07. The van der Waals surface area contributed by atoms with Crippen molar-refractivity contribution in [3.63, 3.8) is 0 Å². The van der Waals surface area contributed by atoms with E-state index in [1.807, 2.05) is 66.1 Å². The summed E-state index contributed by atoms with van der Waals surface area (Å²) in [5.41, 5.74) is 1.94. The molecule has 1 unspecified atom stereocenters. The van der Waals surface area contributed by atoms with Gasteiger partial charge in [0, 0.05) is 17.7 Å². The fraction of sp³-hybridized carbons (Fsp3) is 0.273. The number of nitrogens with zero attached hydrogens (tertiary/aromatic N) is 5. The van der Waals surface area contributed by atoms with E-state index in [1.54, 1.807) is 18.9 Å². The average molecular weight is 422 g/mol. The minimum atomic E-state index is -0.0570. The summed E-state index contributed by atoms with van der Waals surface area (Å²) in [6, 6.07) is 17.9. The molecule has 30 heavy (non-hydrogen) atoms. The van der Waals surface area contributed by atoms with Gasteiger partial charge in [0.05, 0.1) is 12.4 Å².